The van der Waals surface area contributed by atoms with E-state index >= 15 is 0 Å². The van der Waals surface area contributed by atoms with Crippen LogP contribution in [0.4, 0.5) is 0 Å². The van der Waals surface area contributed by atoms with Crippen molar-refractivity contribution in [2.75, 3.05) is 0 Å². The highest BCUT2D eigenvalue weighted by atomic mass is 32.2. The summed E-state index contributed by atoms with van der Waals surface area (Å²) >= 11 is 0. The van der Waals surface area contributed by atoms with Gasteiger partial charge in [0, 0.05) is 16.9 Å². The van der Waals surface area contributed by atoms with Crippen molar-refractivity contribution in [1.29, 1.82) is 0 Å². The second-order valence-electron chi connectivity index (χ2n) is 3.42. The maximum absolute atomic E-state index is 11.1. The smallest absolute Gasteiger partial charge is 0.304 e. The summed E-state index contributed by atoms with van der Waals surface area (Å²) in [5.74, 6) is 0.539. The lowest BCUT2D eigenvalue weighted by Crippen LogP contribution is -2.32. The van der Waals surface area contributed by atoms with Crippen molar-refractivity contribution in [3.05, 3.63) is 22.5 Å². The molecule has 86 valence electrons. The Morgan fingerprint density at radius 2 is 2.25 bits per heavy atom. The van der Waals surface area contributed by atoms with Crippen LogP contribution < -0.4 is 5.73 Å². The highest BCUT2D eigenvalue weighted by molar-refractivity contribution is 7.97. The fraction of sp³-hybridized carbons (Fsp3) is 0.300. The summed E-state index contributed by atoms with van der Waals surface area (Å²) in [6, 6.07) is -0.799. The molecule has 6 heteroatoms. The number of carbonyl (C=O) groups is 1. The molecule has 0 amide bonds. The van der Waals surface area contributed by atoms with Crippen LogP contribution in [0.5, 0.6) is 0 Å². The van der Waals surface area contributed by atoms with Gasteiger partial charge in [0.1, 0.15) is 0 Å². The topological polar surface area (TPSA) is 97.5 Å². The van der Waals surface area contributed by atoms with Crippen molar-refractivity contribution in [3.63, 3.8) is 0 Å². The minimum absolute atomic E-state index is 0.305. The molecular weight excluding hydrogens is 230 g/mol. The van der Waals surface area contributed by atoms with E-state index in [4.69, 9.17) is 17.3 Å². The number of rotatable bonds is 4. The van der Waals surface area contributed by atoms with Gasteiger partial charge >= 0.3 is 5.97 Å². The number of allylic oxidation sites excluding steroid dienone is 1. The Labute approximate surface area is 93.6 Å². The Balaban J connectivity index is 2.90. The minimum Gasteiger partial charge on any atom is -0.481 e. The lowest BCUT2D eigenvalue weighted by Gasteiger charge is -2.16. The maximum atomic E-state index is 11.1. The molecule has 0 saturated carbocycles. The number of sulfone groups is 1. The van der Waals surface area contributed by atoms with E-state index in [1.165, 1.54) is 6.08 Å². The molecule has 1 heterocycles. The molecule has 5 nitrogen and oxygen atoms in total. The van der Waals surface area contributed by atoms with E-state index in [-0.39, 0.29) is 6.42 Å². The molecule has 1 rings (SSSR count). The van der Waals surface area contributed by atoms with Crippen molar-refractivity contribution >= 4 is 15.8 Å². The molecule has 0 aromatic carbocycles. The molecule has 0 bridgehead atoms. The summed E-state index contributed by atoms with van der Waals surface area (Å²) in [5.41, 5.74) is 5.96. The number of carboxylic acid groups (broad SMARTS) is 1. The molecule has 0 unspecified atom stereocenters. The second kappa shape index (κ2) is 4.51. The van der Waals surface area contributed by atoms with Gasteiger partial charge in [-0.2, -0.15) is 0 Å². The first-order chi connectivity index (χ1) is 7.35. The average Bonchev–Trinajstić information content (AvgIpc) is 2.46. The van der Waals surface area contributed by atoms with Crippen molar-refractivity contribution in [2.45, 2.75) is 12.5 Å². The van der Waals surface area contributed by atoms with Crippen LogP contribution in [0.2, 0.25) is 0 Å². The van der Waals surface area contributed by atoms with Gasteiger partial charge in [-0.3, -0.25) is 4.79 Å². The van der Waals surface area contributed by atoms with E-state index in [0.717, 1.165) is 10.8 Å². The third kappa shape index (κ3) is 2.95. The number of hydrogen-bond acceptors (Lipinski definition) is 4. The molecule has 2 atom stereocenters. The van der Waals surface area contributed by atoms with Crippen LogP contribution in [0.1, 0.15) is 6.42 Å². The van der Waals surface area contributed by atoms with E-state index in [0.29, 0.717) is 5.57 Å². The van der Waals surface area contributed by atoms with Crippen molar-refractivity contribution in [3.8, 4) is 12.3 Å². The average molecular weight is 241 g/mol. The molecule has 3 N–H and O–H groups in total. The number of nitrogens with two attached hydrogens (primary N) is 1. The Morgan fingerprint density at radius 3 is 2.62 bits per heavy atom. The lowest BCUT2D eigenvalue weighted by molar-refractivity contribution is -0.137. The van der Waals surface area contributed by atoms with Crippen LogP contribution in [-0.2, 0) is 14.6 Å². The first-order valence-corrected chi connectivity index (χ1v) is 6.05. The normalized spacial score (nSPS) is 20.9. The Hall–Kier alpha value is -1.58. The Morgan fingerprint density at radius 1 is 1.62 bits per heavy atom. The predicted molar refractivity (Wildman–Crippen MR) is 58.7 cm³/mol. The SMILES string of the molecule is C#C[C@@H](C1=CS(=O)(=O)C=C1)[C@H](N)CC(=O)O. The summed E-state index contributed by atoms with van der Waals surface area (Å²) in [7, 11) is -3.35. The fourth-order valence-electron chi connectivity index (χ4n) is 1.41. The highest BCUT2D eigenvalue weighted by Crippen LogP contribution is 2.23. The second-order valence-corrected chi connectivity index (χ2v) is 5.10. The Kier molecular flexibility index (Phi) is 3.52. The van der Waals surface area contributed by atoms with Gasteiger partial charge in [0.2, 0.25) is 0 Å². The van der Waals surface area contributed by atoms with E-state index in [1.54, 1.807) is 0 Å². The minimum atomic E-state index is -3.35. The standard InChI is InChI=1S/C10H11NO4S/c1-2-8(9(11)5-10(12)13)7-3-4-16(14,15)6-7/h1,3-4,6,8-9H,5,11H2,(H,12,13)/t8-,9+/m0/s1. The number of hydrogen-bond donors (Lipinski definition) is 2. The largest absolute Gasteiger partial charge is 0.481 e. The molecule has 1 aliphatic heterocycles. The molecule has 16 heavy (non-hydrogen) atoms. The molecule has 0 fully saturated rings. The van der Waals surface area contributed by atoms with Crippen LogP contribution >= 0.6 is 0 Å². The zero-order chi connectivity index (χ0) is 12.3. The molecule has 0 spiro atoms. The van der Waals surface area contributed by atoms with Crippen LogP contribution in [0.15, 0.2) is 22.5 Å². The molecule has 0 aromatic heterocycles. The van der Waals surface area contributed by atoms with Crippen LogP contribution in [0.25, 0.3) is 0 Å². The first-order valence-electron chi connectivity index (χ1n) is 4.44. The number of terminal acetylenes is 1. The van der Waals surface area contributed by atoms with Crippen molar-refractivity contribution in [2.24, 2.45) is 11.7 Å². The fourth-order valence-corrected chi connectivity index (χ4v) is 2.44. The quantitative estimate of drug-likeness (QED) is 0.668. The van der Waals surface area contributed by atoms with Gasteiger partial charge in [-0.15, -0.1) is 6.42 Å². The van der Waals surface area contributed by atoms with Crippen molar-refractivity contribution < 1.29 is 18.3 Å². The van der Waals surface area contributed by atoms with E-state index in [1.807, 2.05) is 0 Å². The molecule has 1 aliphatic rings. The molecule has 0 saturated heterocycles. The maximum Gasteiger partial charge on any atom is 0.304 e. The van der Waals surface area contributed by atoms with Crippen LogP contribution in [0, 0.1) is 18.3 Å². The highest BCUT2D eigenvalue weighted by Gasteiger charge is 2.25. The number of aliphatic carboxylic acids is 1. The van der Waals surface area contributed by atoms with E-state index in [9.17, 15) is 13.2 Å². The summed E-state index contributed by atoms with van der Waals surface area (Å²) in [5, 5.41) is 10.6. The van der Waals surface area contributed by atoms with Gasteiger partial charge < -0.3 is 10.8 Å². The van der Waals surface area contributed by atoms with Gasteiger partial charge in [-0.25, -0.2) is 8.42 Å². The van der Waals surface area contributed by atoms with Crippen LogP contribution in [-0.4, -0.2) is 25.5 Å². The number of carboxylic acids is 1. The molecule has 0 aromatic rings. The Bertz CT molecular complexity index is 495. The third-order valence-corrected chi connectivity index (χ3v) is 3.24. The molecule has 0 aliphatic carbocycles. The predicted octanol–water partition coefficient (Wildman–Crippen LogP) is -0.136. The zero-order valence-corrected chi connectivity index (χ0v) is 9.15. The van der Waals surface area contributed by atoms with Gasteiger partial charge in [-0.1, -0.05) is 5.92 Å². The lowest BCUT2D eigenvalue weighted by atomic mass is 9.91. The van der Waals surface area contributed by atoms with E-state index < -0.39 is 27.8 Å². The zero-order valence-electron chi connectivity index (χ0n) is 8.33. The third-order valence-electron chi connectivity index (χ3n) is 2.13. The molecular formula is C10H11NO4S. The summed E-state index contributed by atoms with van der Waals surface area (Å²) in [4.78, 5) is 10.5. The van der Waals surface area contributed by atoms with Crippen LogP contribution in [0.3, 0.4) is 0 Å². The van der Waals surface area contributed by atoms with Gasteiger partial charge in [0.05, 0.1) is 12.3 Å². The van der Waals surface area contributed by atoms with Gasteiger partial charge in [0.15, 0.2) is 9.84 Å². The summed E-state index contributed by atoms with van der Waals surface area (Å²) in [6.45, 7) is 0. The van der Waals surface area contributed by atoms with Crippen molar-refractivity contribution in [1.82, 2.24) is 0 Å². The van der Waals surface area contributed by atoms with Gasteiger partial charge in [-0.05, 0) is 11.6 Å². The van der Waals surface area contributed by atoms with E-state index in [2.05, 4.69) is 5.92 Å². The molecule has 0 radical (unpaired) electrons. The summed E-state index contributed by atoms with van der Waals surface area (Å²) in [6.07, 6.45) is 6.27. The summed E-state index contributed by atoms with van der Waals surface area (Å²) < 4.78 is 22.2. The first kappa shape index (κ1) is 12.5. The monoisotopic (exact) mass is 241 g/mol. The van der Waals surface area contributed by atoms with Gasteiger partial charge in [0.25, 0.3) is 0 Å².